The van der Waals surface area contributed by atoms with Crippen LogP contribution in [0.25, 0.3) is 44.8 Å². The average Bonchev–Trinajstić information content (AvgIpc) is 3.43. The molecule has 2 heterocycles. The Morgan fingerprint density at radius 3 is 2.51 bits per heavy atom. The number of likely N-dealkylation sites (N-methyl/N-ethyl adjacent to an activating group) is 1. The summed E-state index contributed by atoms with van der Waals surface area (Å²) in [6, 6.07) is 30.7. The van der Waals surface area contributed by atoms with E-state index in [0.717, 1.165) is 33.2 Å². The van der Waals surface area contributed by atoms with Crippen LogP contribution in [-0.2, 0) is 11.3 Å². The number of methoxy groups -OCH3 is 1. The van der Waals surface area contributed by atoms with Crippen molar-refractivity contribution >= 4 is 33.7 Å². The van der Waals surface area contributed by atoms with Gasteiger partial charge in [0.25, 0.3) is 0 Å². The monoisotopic (exact) mass is 541 g/mol. The minimum absolute atomic E-state index is 0.177. The van der Waals surface area contributed by atoms with Crippen LogP contribution in [0.5, 0.6) is 5.75 Å². The van der Waals surface area contributed by atoms with Gasteiger partial charge in [0, 0.05) is 36.8 Å². The lowest BCUT2D eigenvalue weighted by molar-refractivity contribution is -0.125. The SMILES string of the molecule is COc1ccc2cc(CN(C)C(=O)/C=C/c3cn(-c4ccccc4)nc3-c3cc4ccccc4oc3=O)ccc2c1. The molecular weight excluding hydrogens is 514 g/mol. The lowest BCUT2D eigenvalue weighted by atomic mass is 10.1. The summed E-state index contributed by atoms with van der Waals surface area (Å²) in [5.41, 5.74) is 3.24. The first-order valence-electron chi connectivity index (χ1n) is 13.2. The summed E-state index contributed by atoms with van der Waals surface area (Å²) in [7, 11) is 3.41. The highest BCUT2D eigenvalue weighted by atomic mass is 16.5. The van der Waals surface area contributed by atoms with Gasteiger partial charge < -0.3 is 14.1 Å². The fourth-order valence-corrected chi connectivity index (χ4v) is 4.80. The van der Waals surface area contributed by atoms with Gasteiger partial charge in [0.05, 0.1) is 18.4 Å². The number of para-hydroxylation sites is 2. The van der Waals surface area contributed by atoms with Crippen molar-refractivity contribution in [2.75, 3.05) is 14.2 Å². The van der Waals surface area contributed by atoms with Crippen LogP contribution in [0.3, 0.4) is 0 Å². The molecule has 0 saturated carbocycles. The second-order valence-electron chi connectivity index (χ2n) is 9.77. The zero-order chi connectivity index (χ0) is 28.3. The first-order valence-corrected chi connectivity index (χ1v) is 13.2. The molecule has 2 aromatic heterocycles. The van der Waals surface area contributed by atoms with Crippen molar-refractivity contribution in [3.05, 3.63) is 131 Å². The summed E-state index contributed by atoms with van der Waals surface area (Å²) < 4.78 is 12.6. The molecule has 7 heteroatoms. The van der Waals surface area contributed by atoms with Gasteiger partial charge in [-0.1, -0.05) is 54.6 Å². The van der Waals surface area contributed by atoms with E-state index >= 15 is 0 Å². The Morgan fingerprint density at radius 1 is 0.927 bits per heavy atom. The van der Waals surface area contributed by atoms with Crippen molar-refractivity contribution in [3.63, 3.8) is 0 Å². The van der Waals surface area contributed by atoms with Crippen molar-refractivity contribution < 1.29 is 13.9 Å². The molecule has 4 aromatic carbocycles. The molecule has 1 amide bonds. The van der Waals surface area contributed by atoms with Gasteiger partial charge in [-0.25, -0.2) is 9.48 Å². The summed E-state index contributed by atoms with van der Waals surface area (Å²) in [4.78, 5) is 27.8. The van der Waals surface area contributed by atoms with Crippen LogP contribution in [0.4, 0.5) is 0 Å². The van der Waals surface area contributed by atoms with Gasteiger partial charge in [0.15, 0.2) is 0 Å². The number of amides is 1. The molecule has 6 aromatic rings. The van der Waals surface area contributed by atoms with Gasteiger partial charge >= 0.3 is 5.63 Å². The Balaban J connectivity index is 1.30. The van der Waals surface area contributed by atoms with E-state index in [4.69, 9.17) is 14.3 Å². The summed E-state index contributed by atoms with van der Waals surface area (Å²) in [6.07, 6.45) is 5.01. The first-order chi connectivity index (χ1) is 20.0. The predicted molar refractivity (Wildman–Crippen MR) is 161 cm³/mol. The zero-order valence-corrected chi connectivity index (χ0v) is 22.7. The quantitative estimate of drug-likeness (QED) is 0.171. The minimum atomic E-state index is -0.492. The number of benzene rings is 4. The smallest absolute Gasteiger partial charge is 0.345 e. The Hall–Kier alpha value is -5.43. The van der Waals surface area contributed by atoms with Crippen molar-refractivity contribution in [1.82, 2.24) is 14.7 Å². The number of fused-ring (bicyclic) bond motifs is 2. The van der Waals surface area contributed by atoms with E-state index < -0.39 is 5.63 Å². The molecule has 0 spiro atoms. The standard InChI is InChI=1S/C34H27N3O4/c1-36(21-23-12-13-25-19-29(40-2)16-14-24(25)18-23)32(38)17-15-27-22-37(28-9-4-3-5-10-28)35-33(27)30-20-26-8-6-7-11-31(26)41-34(30)39/h3-20,22H,21H2,1-2H3/b17-15+. The third-order valence-corrected chi connectivity index (χ3v) is 6.97. The first kappa shape index (κ1) is 25.8. The highest BCUT2D eigenvalue weighted by molar-refractivity contribution is 5.93. The molecule has 0 unspecified atom stereocenters. The highest BCUT2D eigenvalue weighted by Gasteiger charge is 2.17. The largest absolute Gasteiger partial charge is 0.497 e. The molecule has 41 heavy (non-hydrogen) atoms. The maximum atomic E-state index is 13.1. The van der Waals surface area contributed by atoms with Crippen molar-refractivity contribution in [3.8, 4) is 22.7 Å². The second-order valence-corrected chi connectivity index (χ2v) is 9.77. The minimum Gasteiger partial charge on any atom is -0.497 e. The number of carbonyl (C=O) groups is 1. The molecule has 0 saturated heterocycles. The third kappa shape index (κ3) is 5.38. The molecule has 0 aliphatic carbocycles. The van der Waals surface area contributed by atoms with Gasteiger partial charge in [0.2, 0.25) is 5.91 Å². The molecule has 0 aliphatic rings. The molecule has 0 aliphatic heterocycles. The zero-order valence-electron chi connectivity index (χ0n) is 22.7. The van der Waals surface area contributed by atoms with E-state index in [2.05, 4.69) is 6.07 Å². The van der Waals surface area contributed by atoms with Gasteiger partial charge in [-0.3, -0.25) is 4.79 Å². The molecule has 6 rings (SSSR count). The van der Waals surface area contributed by atoms with Crippen molar-refractivity contribution in [2.24, 2.45) is 0 Å². The molecule has 7 nitrogen and oxygen atoms in total. The number of nitrogens with zero attached hydrogens (tertiary/aromatic N) is 3. The Labute approximate surface area is 236 Å². The number of ether oxygens (including phenoxy) is 1. The number of hydrogen-bond acceptors (Lipinski definition) is 5. The Bertz CT molecular complexity index is 1970. The van der Waals surface area contributed by atoms with Crippen LogP contribution in [0.15, 0.2) is 119 Å². The molecular formula is C34H27N3O4. The van der Waals surface area contributed by atoms with E-state index in [-0.39, 0.29) is 5.91 Å². The topological polar surface area (TPSA) is 77.6 Å². The number of rotatable bonds is 7. The fourth-order valence-electron chi connectivity index (χ4n) is 4.80. The summed E-state index contributed by atoms with van der Waals surface area (Å²) in [5, 5.41) is 7.66. The van der Waals surface area contributed by atoms with Gasteiger partial charge in [-0.05, 0) is 64.9 Å². The molecule has 202 valence electrons. The van der Waals surface area contributed by atoms with Crippen LogP contribution in [0, 0.1) is 0 Å². The highest BCUT2D eigenvalue weighted by Crippen LogP contribution is 2.26. The van der Waals surface area contributed by atoms with Crippen molar-refractivity contribution in [1.29, 1.82) is 0 Å². The normalized spacial score (nSPS) is 11.4. The Kier molecular flexibility index (Phi) is 6.92. The lowest BCUT2D eigenvalue weighted by Gasteiger charge is -2.15. The van der Waals surface area contributed by atoms with Crippen LogP contribution in [-0.4, -0.2) is 34.7 Å². The number of carbonyl (C=O) groups excluding carboxylic acids is 1. The van der Waals surface area contributed by atoms with Gasteiger partial charge in [-0.15, -0.1) is 0 Å². The van der Waals surface area contributed by atoms with E-state index in [1.54, 1.807) is 48.1 Å². The van der Waals surface area contributed by atoms with Crippen LogP contribution >= 0.6 is 0 Å². The predicted octanol–water partition coefficient (Wildman–Crippen LogP) is 6.48. The van der Waals surface area contributed by atoms with E-state index in [9.17, 15) is 9.59 Å². The summed E-state index contributed by atoms with van der Waals surface area (Å²) in [6.45, 7) is 0.440. The molecule has 0 atom stereocenters. The average molecular weight is 542 g/mol. The second kappa shape index (κ2) is 11.0. The number of hydrogen-bond donors (Lipinski definition) is 0. The van der Waals surface area contributed by atoms with Crippen LogP contribution in [0.1, 0.15) is 11.1 Å². The van der Waals surface area contributed by atoms with E-state index in [1.807, 2.05) is 78.9 Å². The van der Waals surface area contributed by atoms with Crippen LogP contribution < -0.4 is 10.4 Å². The molecule has 0 bridgehead atoms. The Morgan fingerprint density at radius 2 is 1.68 bits per heavy atom. The number of aromatic nitrogens is 2. The third-order valence-electron chi connectivity index (χ3n) is 6.97. The lowest BCUT2D eigenvalue weighted by Crippen LogP contribution is -2.24. The van der Waals surface area contributed by atoms with Crippen molar-refractivity contribution in [2.45, 2.75) is 6.54 Å². The maximum absolute atomic E-state index is 13.1. The van der Waals surface area contributed by atoms with Gasteiger partial charge in [-0.2, -0.15) is 5.10 Å². The molecule has 0 N–H and O–H groups in total. The van der Waals surface area contributed by atoms with E-state index in [0.29, 0.717) is 28.9 Å². The summed E-state index contributed by atoms with van der Waals surface area (Å²) in [5.74, 6) is 0.628. The van der Waals surface area contributed by atoms with Crippen LogP contribution in [0.2, 0.25) is 0 Å². The molecule has 0 fully saturated rings. The fraction of sp³-hybridized carbons (Fsp3) is 0.0882. The maximum Gasteiger partial charge on any atom is 0.345 e. The van der Waals surface area contributed by atoms with Gasteiger partial charge in [0.1, 0.15) is 17.0 Å². The van der Waals surface area contributed by atoms with E-state index in [1.165, 1.54) is 6.08 Å². The summed E-state index contributed by atoms with van der Waals surface area (Å²) >= 11 is 0. The molecule has 0 radical (unpaired) electrons.